The molecule has 2 rings (SSSR count). The van der Waals surface area contributed by atoms with Crippen molar-refractivity contribution in [3.63, 3.8) is 0 Å². The van der Waals surface area contributed by atoms with Crippen molar-refractivity contribution in [1.29, 1.82) is 0 Å². The van der Waals surface area contributed by atoms with E-state index in [1.165, 1.54) is 25.7 Å². The molecule has 1 aliphatic rings. The van der Waals surface area contributed by atoms with Gasteiger partial charge in [0.2, 0.25) is 0 Å². The van der Waals surface area contributed by atoms with Crippen LogP contribution in [0, 0.1) is 0 Å². The topological polar surface area (TPSA) is 25.8 Å². The van der Waals surface area contributed by atoms with Crippen molar-refractivity contribution in [2.75, 3.05) is 0 Å². The monoisotopic (exact) mass is 316 g/mol. The molecule has 1 fully saturated rings. The van der Waals surface area contributed by atoms with E-state index in [0.717, 1.165) is 16.0 Å². The first-order valence-electron chi connectivity index (χ1n) is 6.13. The molecule has 1 saturated carbocycles. The van der Waals surface area contributed by atoms with Crippen molar-refractivity contribution in [3.05, 3.63) is 21.1 Å². The molecule has 0 N–H and O–H groups in total. The Hall–Kier alpha value is -0.150. The maximum Gasteiger partial charge on any atom is 0.147 e. The van der Waals surface area contributed by atoms with Crippen molar-refractivity contribution < 1.29 is 0 Å². The SMILES string of the molecule is CC(C)(C)c1nc(C2CCCC2)nc(Cl)c1Br. The summed E-state index contributed by atoms with van der Waals surface area (Å²) < 4.78 is 0.841. The maximum absolute atomic E-state index is 6.21. The highest BCUT2D eigenvalue weighted by molar-refractivity contribution is 9.10. The molecule has 0 radical (unpaired) electrons. The predicted molar refractivity (Wildman–Crippen MR) is 74.7 cm³/mol. The Kier molecular flexibility index (Phi) is 3.79. The third kappa shape index (κ3) is 2.82. The molecule has 0 amide bonds. The van der Waals surface area contributed by atoms with E-state index in [1.54, 1.807) is 0 Å². The van der Waals surface area contributed by atoms with Gasteiger partial charge in [-0.2, -0.15) is 0 Å². The van der Waals surface area contributed by atoms with Crippen molar-refractivity contribution in [3.8, 4) is 0 Å². The standard InChI is InChI=1S/C13H18BrClN2/c1-13(2,3)10-9(14)11(15)17-12(16-10)8-6-4-5-7-8/h8H,4-7H2,1-3H3. The molecule has 0 aliphatic heterocycles. The van der Waals surface area contributed by atoms with Crippen LogP contribution in [0.2, 0.25) is 5.15 Å². The van der Waals surface area contributed by atoms with E-state index in [-0.39, 0.29) is 5.41 Å². The van der Waals surface area contributed by atoms with Crippen molar-refractivity contribution >= 4 is 27.5 Å². The summed E-state index contributed by atoms with van der Waals surface area (Å²) >= 11 is 9.71. The zero-order chi connectivity index (χ0) is 12.6. The van der Waals surface area contributed by atoms with Gasteiger partial charge in [-0.05, 0) is 28.8 Å². The Labute approximate surface area is 116 Å². The Bertz CT molecular complexity index is 420. The second kappa shape index (κ2) is 4.85. The smallest absolute Gasteiger partial charge is 0.147 e. The molecule has 0 aromatic carbocycles. The van der Waals surface area contributed by atoms with Gasteiger partial charge in [0.05, 0.1) is 10.2 Å². The largest absolute Gasteiger partial charge is 0.236 e. The van der Waals surface area contributed by atoms with Crippen LogP contribution in [0.1, 0.15) is 63.9 Å². The number of aromatic nitrogens is 2. The lowest BCUT2D eigenvalue weighted by atomic mass is 9.91. The average Bonchev–Trinajstić information content (AvgIpc) is 2.73. The van der Waals surface area contributed by atoms with Crippen LogP contribution in [-0.4, -0.2) is 9.97 Å². The lowest BCUT2D eigenvalue weighted by Gasteiger charge is -2.21. The van der Waals surface area contributed by atoms with Gasteiger partial charge in [-0.3, -0.25) is 0 Å². The molecule has 1 heterocycles. The normalized spacial score (nSPS) is 17.7. The van der Waals surface area contributed by atoms with E-state index in [2.05, 4.69) is 41.7 Å². The van der Waals surface area contributed by atoms with E-state index >= 15 is 0 Å². The average molecular weight is 318 g/mol. The molecule has 94 valence electrons. The van der Waals surface area contributed by atoms with Crippen LogP contribution < -0.4 is 0 Å². The Morgan fingerprint density at radius 2 is 1.76 bits per heavy atom. The minimum absolute atomic E-state index is 0.0151. The molecule has 17 heavy (non-hydrogen) atoms. The van der Waals surface area contributed by atoms with E-state index in [9.17, 15) is 0 Å². The van der Waals surface area contributed by atoms with Gasteiger partial charge < -0.3 is 0 Å². The van der Waals surface area contributed by atoms with Crippen molar-refractivity contribution in [1.82, 2.24) is 9.97 Å². The Morgan fingerprint density at radius 1 is 1.18 bits per heavy atom. The summed E-state index contributed by atoms with van der Waals surface area (Å²) in [5, 5.41) is 0.548. The summed E-state index contributed by atoms with van der Waals surface area (Å²) in [6.45, 7) is 6.44. The lowest BCUT2D eigenvalue weighted by Crippen LogP contribution is -2.17. The zero-order valence-corrected chi connectivity index (χ0v) is 12.9. The molecular weight excluding hydrogens is 300 g/mol. The Balaban J connectivity index is 2.45. The van der Waals surface area contributed by atoms with Crippen LogP contribution in [0.4, 0.5) is 0 Å². The molecule has 1 aromatic rings. The number of rotatable bonds is 1. The van der Waals surface area contributed by atoms with Crippen LogP contribution in [0.25, 0.3) is 0 Å². The van der Waals surface area contributed by atoms with Crippen molar-refractivity contribution in [2.45, 2.75) is 57.8 Å². The van der Waals surface area contributed by atoms with Gasteiger partial charge in [0, 0.05) is 11.3 Å². The van der Waals surface area contributed by atoms with Gasteiger partial charge in [0.25, 0.3) is 0 Å². The van der Waals surface area contributed by atoms with Crippen molar-refractivity contribution in [2.24, 2.45) is 0 Å². The summed E-state index contributed by atoms with van der Waals surface area (Å²) in [5.41, 5.74) is 0.998. The lowest BCUT2D eigenvalue weighted by molar-refractivity contribution is 0.548. The summed E-state index contributed by atoms with van der Waals surface area (Å²) in [4.78, 5) is 9.18. The van der Waals surface area contributed by atoms with Gasteiger partial charge in [-0.1, -0.05) is 45.2 Å². The van der Waals surface area contributed by atoms with Gasteiger partial charge in [-0.25, -0.2) is 9.97 Å². The van der Waals surface area contributed by atoms with E-state index in [0.29, 0.717) is 11.1 Å². The molecular formula is C13H18BrClN2. The molecule has 0 bridgehead atoms. The molecule has 0 unspecified atom stereocenters. The van der Waals surface area contributed by atoms with Crippen LogP contribution in [0.15, 0.2) is 4.47 Å². The number of hydrogen-bond acceptors (Lipinski definition) is 2. The van der Waals surface area contributed by atoms with E-state index in [1.807, 2.05) is 0 Å². The second-order valence-corrected chi connectivity index (χ2v) is 6.92. The molecule has 1 aliphatic carbocycles. The fourth-order valence-electron chi connectivity index (χ4n) is 2.30. The molecule has 1 aromatic heterocycles. The maximum atomic E-state index is 6.21. The summed E-state index contributed by atoms with van der Waals surface area (Å²) in [6, 6.07) is 0. The van der Waals surface area contributed by atoms with Crippen LogP contribution in [0.3, 0.4) is 0 Å². The highest BCUT2D eigenvalue weighted by atomic mass is 79.9. The van der Waals surface area contributed by atoms with Gasteiger partial charge >= 0.3 is 0 Å². The van der Waals surface area contributed by atoms with Crippen LogP contribution >= 0.6 is 27.5 Å². The molecule has 0 atom stereocenters. The summed E-state index contributed by atoms with van der Waals surface area (Å²) in [6.07, 6.45) is 4.96. The van der Waals surface area contributed by atoms with Gasteiger partial charge in [-0.15, -0.1) is 0 Å². The van der Waals surface area contributed by atoms with E-state index < -0.39 is 0 Å². The first-order chi connectivity index (χ1) is 7.89. The highest BCUT2D eigenvalue weighted by Crippen LogP contribution is 2.37. The quantitative estimate of drug-likeness (QED) is 0.692. The highest BCUT2D eigenvalue weighted by Gasteiger charge is 2.26. The first-order valence-corrected chi connectivity index (χ1v) is 7.30. The van der Waals surface area contributed by atoms with E-state index in [4.69, 9.17) is 16.6 Å². The summed E-state index contributed by atoms with van der Waals surface area (Å²) in [7, 11) is 0. The summed E-state index contributed by atoms with van der Waals surface area (Å²) in [5.74, 6) is 1.43. The number of hydrogen-bond donors (Lipinski definition) is 0. The molecule has 2 nitrogen and oxygen atoms in total. The second-order valence-electron chi connectivity index (χ2n) is 5.77. The number of nitrogens with zero attached hydrogens (tertiary/aromatic N) is 2. The zero-order valence-electron chi connectivity index (χ0n) is 10.6. The third-order valence-corrected chi connectivity index (χ3v) is 4.51. The minimum Gasteiger partial charge on any atom is -0.236 e. The fraction of sp³-hybridized carbons (Fsp3) is 0.692. The Morgan fingerprint density at radius 3 is 2.29 bits per heavy atom. The first kappa shape index (κ1) is 13.3. The molecule has 4 heteroatoms. The molecule has 0 spiro atoms. The fourth-order valence-corrected chi connectivity index (χ4v) is 3.25. The predicted octanol–water partition coefficient (Wildman–Crippen LogP) is 4.85. The third-order valence-electron chi connectivity index (χ3n) is 3.26. The van der Waals surface area contributed by atoms with Crippen LogP contribution in [0.5, 0.6) is 0 Å². The van der Waals surface area contributed by atoms with Crippen LogP contribution in [-0.2, 0) is 5.41 Å². The van der Waals surface area contributed by atoms with Gasteiger partial charge in [0.15, 0.2) is 0 Å². The number of halogens is 2. The minimum atomic E-state index is -0.0151. The van der Waals surface area contributed by atoms with Gasteiger partial charge in [0.1, 0.15) is 11.0 Å². The molecule has 0 saturated heterocycles.